The van der Waals surface area contributed by atoms with E-state index in [4.69, 9.17) is 23.4 Å². The van der Waals surface area contributed by atoms with Crippen molar-refractivity contribution in [2.75, 3.05) is 0 Å². The molecule has 0 radical (unpaired) electrons. The van der Waals surface area contributed by atoms with Gasteiger partial charge in [-0.2, -0.15) is 0 Å². The van der Waals surface area contributed by atoms with Crippen molar-refractivity contribution in [2.24, 2.45) is 11.8 Å². The standard InChI is InChI=1S/C30H52O8Si/c1-10-14-15-16-17-24(38-39(11-2,12-3)13-4)18-19-25(32)35-26-20(5)27-30(9,37-22(26)7)28(34-23(8)31)21(6)29(33)36-27/h18-22,24,26-28H,10-17H2,1-9H3/b19-18+/t20-,21-,22+,24+,26-,27+,28+,30+/m1/s1. The molecule has 0 aromatic heterocycles. The van der Waals surface area contributed by atoms with E-state index in [-0.39, 0.29) is 12.0 Å². The maximum atomic E-state index is 13.0. The van der Waals surface area contributed by atoms with E-state index in [0.29, 0.717) is 0 Å². The van der Waals surface area contributed by atoms with Crippen LogP contribution in [0.25, 0.3) is 0 Å². The van der Waals surface area contributed by atoms with Crippen LogP contribution in [0.1, 0.15) is 94.4 Å². The molecular weight excluding hydrogens is 516 g/mol. The second-order valence-corrected chi connectivity index (χ2v) is 16.3. The first kappa shape index (κ1) is 33.5. The van der Waals surface area contributed by atoms with Crippen molar-refractivity contribution in [3.63, 3.8) is 0 Å². The quantitative estimate of drug-likeness (QED) is 0.0813. The lowest BCUT2D eigenvalue weighted by atomic mass is 9.73. The van der Waals surface area contributed by atoms with Crippen molar-refractivity contribution in [2.45, 2.75) is 149 Å². The zero-order valence-electron chi connectivity index (χ0n) is 25.6. The highest BCUT2D eigenvalue weighted by molar-refractivity contribution is 6.73. The van der Waals surface area contributed by atoms with Crippen LogP contribution in [0, 0.1) is 11.8 Å². The van der Waals surface area contributed by atoms with Gasteiger partial charge in [0.2, 0.25) is 0 Å². The van der Waals surface area contributed by atoms with Crippen molar-refractivity contribution in [1.82, 2.24) is 0 Å². The summed E-state index contributed by atoms with van der Waals surface area (Å²) in [5.41, 5.74) is -1.05. The third-order valence-corrected chi connectivity index (χ3v) is 13.4. The van der Waals surface area contributed by atoms with Gasteiger partial charge < -0.3 is 23.4 Å². The number of esters is 3. The number of fused-ring (bicyclic) bond motifs is 1. The highest BCUT2D eigenvalue weighted by Crippen LogP contribution is 2.45. The minimum Gasteiger partial charge on any atom is -0.458 e. The number of hydrogen-bond donors (Lipinski definition) is 0. The number of ether oxygens (including phenoxy) is 4. The van der Waals surface area contributed by atoms with Crippen LogP contribution < -0.4 is 0 Å². The number of unbranched alkanes of at least 4 members (excludes halogenated alkanes) is 3. The molecule has 2 aliphatic heterocycles. The molecule has 2 rings (SSSR count). The van der Waals surface area contributed by atoms with Gasteiger partial charge in [-0.25, -0.2) is 4.79 Å². The fraction of sp³-hybridized carbons (Fsp3) is 0.833. The van der Waals surface area contributed by atoms with Gasteiger partial charge in [0.25, 0.3) is 0 Å². The van der Waals surface area contributed by atoms with Gasteiger partial charge in [0.05, 0.1) is 18.1 Å². The van der Waals surface area contributed by atoms with Gasteiger partial charge in [-0.05, 0) is 51.4 Å². The van der Waals surface area contributed by atoms with E-state index in [2.05, 4.69) is 27.7 Å². The van der Waals surface area contributed by atoms with E-state index >= 15 is 0 Å². The Labute approximate surface area is 236 Å². The average Bonchev–Trinajstić information content (AvgIpc) is 2.90. The van der Waals surface area contributed by atoms with Crippen molar-refractivity contribution < 1.29 is 37.8 Å². The lowest BCUT2D eigenvalue weighted by Crippen LogP contribution is -2.70. The van der Waals surface area contributed by atoms with Gasteiger partial charge in [0.15, 0.2) is 8.32 Å². The molecule has 224 valence electrons. The fourth-order valence-corrected chi connectivity index (χ4v) is 9.05. The molecule has 8 atom stereocenters. The Bertz CT molecular complexity index is 848. The van der Waals surface area contributed by atoms with E-state index < -0.39 is 62.2 Å². The minimum atomic E-state index is -1.85. The fourth-order valence-electron chi connectivity index (χ4n) is 6.21. The highest BCUT2D eigenvalue weighted by Gasteiger charge is 2.62. The van der Waals surface area contributed by atoms with Crippen molar-refractivity contribution >= 4 is 26.2 Å². The average molecular weight is 569 g/mol. The van der Waals surface area contributed by atoms with E-state index in [0.717, 1.165) is 37.4 Å². The monoisotopic (exact) mass is 568 g/mol. The Kier molecular flexibility index (Phi) is 12.7. The summed E-state index contributed by atoms with van der Waals surface area (Å²) in [5, 5.41) is 0. The lowest BCUT2D eigenvalue weighted by Gasteiger charge is -2.55. The third-order valence-electron chi connectivity index (χ3n) is 8.77. The molecule has 0 aliphatic carbocycles. The van der Waals surface area contributed by atoms with Gasteiger partial charge in [0, 0.05) is 18.9 Å². The maximum Gasteiger partial charge on any atom is 0.330 e. The van der Waals surface area contributed by atoms with Crippen LogP contribution in [-0.4, -0.2) is 62.3 Å². The van der Waals surface area contributed by atoms with Crippen LogP contribution in [0.3, 0.4) is 0 Å². The molecule has 2 aliphatic rings. The van der Waals surface area contributed by atoms with E-state index in [9.17, 15) is 14.4 Å². The molecule has 0 bridgehead atoms. The molecule has 2 saturated heterocycles. The second kappa shape index (κ2) is 14.8. The molecule has 0 spiro atoms. The van der Waals surface area contributed by atoms with Gasteiger partial charge >= 0.3 is 17.9 Å². The molecule has 39 heavy (non-hydrogen) atoms. The number of rotatable bonds is 14. The van der Waals surface area contributed by atoms with E-state index in [1.807, 2.05) is 19.9 Å². The minimum absolute atomic E-state index is 0.119. The van der Waals surface area contributed by atoms with Crippen LogP contribution in [0.15, 0.2) is 12.2 Å². The third kappa shape index (κ3) is 8.16. The molecule has 9 heteroatoms. The van der Waals surface area contributed by atoms with Crippen molar-refractivity contribution in [3.8, 4) is 0 Å². The van der Waals surface area contributed by atoms with Crippen LogP contribution in [0.4, 0.5) is 0 Å². The zero-order valence-corrected chi connectivity index (χ0v) is 26.6. The molecule has 2 fully saturated rings. The van der Waals surface area contributed by atoms with Crippen molar-refractivity contribution in [1.29, 1.82) is 0 Å². The Hall–Kier alpha value is -1.71. The Morgan fingerprint density at radius 2 is 1.67 bits per heavy atom. The summed E-state index contributed by atoms with van der Waals surface area (Å²) in [6.07, 6.45) is 5.99. The van der Waals surface area contributed by atoms with Crippen LogP contribution in [0.2, 0.25) is 18.1 Å². The molecule has 0 aromatic carbocycles. The summed E-state index contributed by atoms with van der Waals surface area (Å²) in [7, 11) is -1.85. The summed E-state index contributed by atoms with van der Waals surface area (Å²) < 4.78 is 30.3. The van der Waals surface area contributed by atoms with Crippen LogP contribution in [-0.2, 0) is 37.8 Å². The van der Waals surface area contributed by atoms with Crippen LogP contribution in [0.5, 0.6) is 0 Å². The topological polar surface area (TPSA) is 97.4 Å². The first-order valence-corrected chi connectivity index (χ1v) is 17.5. The second-order valence-electron chi connectivity index (χ2n) is 11.6. The molecule has 0 aromatic rings. The lowest BCUT2D eigenvalue weighted by molar-refractivity contribution is -0.300. The first-order chi connectivity index (χ1) is 18.4. The molecule has 8 nitrogen and oxygen atoms in total. The van der Waals surface area contributed by atoms with Gasteiger partial charge in [-0.15, -0.1) is 0 Å². The van der Waals surface area contributed by atoms with E-state index in [1.54, 1.807) is 13.8 Å². The molecule has 2 heterocycles. The number of carbonyl (C=O) groups excluding carboxylic acids is 3. The van der Waals surface area contributed by atoms with Crippen molar-refractivity contribution in [3.05, 3.63) is 12.2 Å². The Morgan fingerprint density at radius 3 is 2.23 bits per heavy atom. The Balaban J connectivity index is 2.17. The summed E-state index contributed by atoms with van der Waals surface area (Å²) in [6.45, 7) is 17.3. The summed E-state index contributed by atoms with van der Waals surface area (Å²) >= 11 is 0. The normalized spacial score (nSPS) is 31.9. The first-order valence-electron chi connectivity index (χ1n) is 15.0. The van der Waals surface area contributed by atoms with Gasteiger partial charge in [-0.1, -0.05) is 60.3 Å². The molecular formula is C30H52O8Si. The van der Waals surface area contributed by atoms with E-state index in [1.165, 1.54) is 25.8 Å². The SMILES string of the molecule is CCCCCC[C@@H](/C=C/C(=O)O[C@@H]1[C@@H](C)[C@@H]2OC(=O)[C@H](C)[C@H](OC(C)=O)[C@@]2(C)O[C@H]1C)O[Si](CC)(CC)CC. The highest BCUT2D eigenvalue weighted by atomic mass is 28.4. The molecule has 0 N–H and O–H groups in total. The van der Waals surface area contributed by atoms with Crippen LogP contribution >= 0.6 is 0 Å². The molecule has 0 amide bonds. The summed E-state index contributed by atoms with van der Waals surface area (Å²) in [5.74, 6) is -2.46. The summed E-state index contributed by atoms with van der Waals surface area (Å²) in [4.78, 5) is 37.5. The predicted molar refractivity (Wildman–Crippen MR) is 153 cm³/mol. The number of hydrogen-bond acceptors (Lipinski definition) is 8. The molecule has 0 unspecified atom stereocenters. The zero-order chi connectivity index (χ0) is 29.4. The predicted octanol–water partition coefficient (Wildman–Crippen LogP) is 6.12. The molecule has 0 saturated carbocycles. The van der Waals surface area contributed by atoms with Gasteiger partial charge in [-0.3, -0.25) is 9.59 Å². The smallest absolute Gasteiger partial charge is 0.330 e. The maximum absolute atomic E-state index is 13.0. The summed E-state index contributed by atoms with van der Waals surface area (Å²) in [6, 6.07) is 3.14. The Morgan fingerprint density at radius 1 is 1.03 bits per heavy atom. The number of carbonyl (C=O) groups is 3. The largest absolute Gasteiger partial charge is 0.458 e. The van der Waals surface area contributed by atoms with Gasteiger partial charge in [0.1, 0.15) is 23.9 Å².